The zero-order valence-electron chi connectivity index (χ0n) is 11.1. The first-order valence-electron chi connectivity index (χ1n) is 6.88. The number of hydrogen-bond donors (Lipinski definition) is 3. The summed E-state index contributed by atoms with van der Waals surface area (Å²) in [5.74, 6) is -1.40. The number of aromatic hydroxyl groups is 2. The molecule has 1 aromatic carbocycles. The summed E-state index contributed by atoms with van der Waals surface area (Å²) in [6.45, 7) is 0.0141. The van der Waals surface area contributed by atoms with Crippen molar-refractivity contribution in [3.05, 3.63) is 23.3 Å². The van der Waals surface area contributed by atoms with Crippen LogP contribution in [0.2, 0.25) is 0 Å². The number of ketones is 1. The van der Waals surface area contributed by atoms with E-state index in [0.717, 1.165) is 0 Å². The predicted molar refractivity (Wildman–Crippen MR) is 69.0 cm³/mol. The number of ether oxygens (including phenoxy) is 1. The van der Waals surface area contributed by atoms with E-state index in [-0.39, 0.29) is 35.7 Å². The number of fused-ring (bicyclic) bond motifs is 1. The molecule has 6 nitrogen and oxygen atoms in total. The van der Waals surface area contributed by atoms with Gasteiger partial charge in [0, 0.05) is 12.0 Å². The molecule has 110 valence electrons. The molecule has 2 fully saturated rings. The van der Waals surface area contributed by atoms with Crippen LogP contribution in [0.15, 0.2) is 12.1 Å². The number of cyclic esters (lactones) is 1. The third-order valence-corrected chi connectivity index (χ3v) is 5.44. The molecule has 0 aromatic heterocycles. The van der Waals surface area contributed by atoms with Crippen molar-refractivity contribution in [2.45, 2.75) is 30.8 Å². The number of esters is 1. The Morgan fingerprint density at radius 2 is 1.90 bits per heavy atom. The maximum atomic E-state index is 12.4. The van der Waals surface area contributed by atoms with Crippen molar-refractivity contribution >= 4 is 11.8 Å². The first kappa shape index (κ1) is 12.6. The monoisotopic (exact) mass is 290 g/mol. The molecule has 1 saturated carbocycles. The summed E-state index contributed by atoms with van der Waals surface area (Å²) >= 11 is 0. The Balaban J connectivity index is 2.11. The van der Waals surface area contributed by atoms with Gasteiger partial charge in [0.15, 0.2) is 5.78 Å². The van der Waals surface area contributed by atoms with Crippen LogP contribution in [0.1, 0.15) is 35.2 Å². The molecule has 3 unspecified atom stereocenters. The number of phenols is 2. The van der Waals surface area contributed by atoms with Crippen LogP contribution in [0.25, 0.3) is 0 Å². The Labute approximate surface area is 120 Å². The van der Waals surface area contributed by atoms with Crippen molar-refractivity contribution in [1.29, 1.82) is 0 Å². The Hall–Kier alpha value is -2.08. The summed E-state index contributed by atoms with van der Waals surface area (Å²) in [7, 11) is 0. The molecule has 0 spiro atoms. The maximum absolute atomic E-state index is 12.4. The summed E-state index contributed by atoms with van der Waals surface area (Å²) in [6, 6.07) is 2.57. The molecule has 2 aliphatic carbocycles. The third kappa shape index (κ3) is 1.15. The zero-order chi connectivity index (χ0) is 15.0. The topological polar surface area (TPSA) is 104 Å². The first-order chi connectivity index (χ1) is 9.94. The van der Waals surface area contributed by atoms with E-state index in [1.165, 1.54) is 12.1 Å². The van der Waals surface area contributed by atoms with Crippen molar-refractivity contribution in [3.8, 4) is 11.5 Å². The van der Waals surface area contributed by atoms with E-state index in [1.54, 1.807) is 0 Å². The lowest BCUT2D eigenvalue weighted by atomic mass is 9.56. The van der Waals surface area contributed by atoms with Crippen LogP contribution in [-0.4, -0.2) is 39.8 Å². The molecule has 1 aromatic rings. The number of phenolic OH excluding ortho intramolecular Hbond substituents is 2. The minimum Gasteiger partial charge on any atom is -0.508 e. The number of rotatable bonds is 0. The van der Waals surface area contributed by atoms with Crippen LogP contribution in [0.5, 0.6) is 11.5 Å². The number of aliphatic hydroxyl groups is 1. The van der Waals surface area contributed by atoms with Gasteiger partial charge in [-0.25, -0.2) is 0 Å². The van der Waals surface area contributed by atoms with E-state index in [9.17, 15) is 24.9 Å². The van der Waals surface area contributed by atoms with Crippen molar-refractivity contribution in [1.82, 2.24) is 0 Å². The molecule has 0 amide bonds. The van der Waals surface area contributed by atoms with Gasteiger partial charge in [-0.3, -0.25) is 9.59 Å². The molecule has 0 radical (unpaired) electrons. The van der Waals surface area contributed by atoms with E-state index in [0.29, 0.717) is 12.8 Å². The molecule has 6 heteroatoms. The number of benzene rings is 1. The average molecular weight is 290 g/mol. The molecule has 0 bridgehead atoms. The molecule has 1 heterocycles. The zero-order valence-corrected chi connectivity index (χ0v) is 11.1. The number of hydrogen-bond acceptors (Lipinski definition) is 6. The molecule has 1 aliphatic heterocycles. The standard InChI is InChI=1S/C15H14O6/c16-7-1-2-8(17)12-11(7)9(18)5-15-10(19)3-4-14(12,15)6-21-13(15)20/h1-2,10,16-17,19H,3-6H2. The predicted octanol–water partition coefficient (Wildman–Crippen LogP) is 0.620. The van der Waals surface area contributed by atoms with E-state index in [2.05, 4.69) is 0 Å². The summed E-state index contributed by atoms with van der Waals surface area (Å²) in [5.41, 5.74) is -1.96. The number of carbonyl (C=O) groups is 2. The van der Waals surface area contributed by atoms with E-state index < -0.39 is 28.7 Å². The molecule has 3 aliphatic rings. The van der Waals surface area contributed by atoms with Gasteiger partial charge in [-0.15, -0.1) is 0 Å². The lowest BCUT2D eigenvalue weighted by molar-refractivity contribution is -0.151. The molecular formula is C15H14O6. The van der Waals surface area contributed by atoms with Crippen LogP contribution in [-0.2, 0) is 14.9 Å². The van der Waals surface area contributed by atoms with Crippen LogP contribution < -0.4 is 0 Å². The lowest BCUT2D eigenvalue weighted by Crippen LogP contribution is -2.53. The van der Waals surface area contributed by atoms with Crippen LogP contribution >= 0.6 is 0 Å². The first-order valence-corrected chi connectivity index (χ1v) is 6.88. The van der Waals surface area contributed by atoms with E-state index in [1.807, 2.05) is 0 Å². The lowest BCUT2D eigenvalue weighted by Gasteiger charge is -2.42. The highest BCUT2D eigenvalue weighted by Gasteiger charge is 2.73. The number of Topliss-reactive ketones (excluding diaryl/α,β-unsaturated/α-hetero) is 1. The summed E-state index contributed by atoms with van der Waals surface area (Å²) in [6.07, 6.45) is -0.392. The van der Waals surface area contributed by atoms with Gasteiger partial charge in [-0.05, 0) is 25.0 Å². The van der Waals surface area contributed by atoms with Gasteiger partial charge in [0.1, 0.15) is 23.5 Å². The Kier molecular flexibility index (Phi) is 2.15. The highest BCUT2D eigenvalue weighted by Crippen LogP contribution is 2.65. The van der Waals surface area contributed by atoms with E-state index >= 15 is 0 Å². The molecule has 21 heavy (non-hydrogen) atoms. The van der Waals surface area contributed by atoms with Gasteiger partial charge in [-0.1, -0.05) is 0 Å². The molecule has 1 saturated heterocycles. The summed E-state index contributed by atoms with van der Waals surface area (Å²) < 4.78 is 5.17. The quantitative estimate of drug-likeness (QED) is 0.478. The Morgan fingerprint density at radius 1 is 1.19 bits per heavy atom. The minimum absolute atomic E-state index is 0.0141. The normalized spacial score (nSPS) is 36.9. The molecule has 3 N–H and O–H groups in total. The third-order valence-electron chi connectivity index (χ3n) is 5.44. The van der Waals surface area contributed by atoms with E-state index in [4.69, 9.17) is 4.74 Å². The number of carbonyl (C=O) groups excluding carboxylic acids is 2. The highest BCUT2D eigenvalue weighted by molar-refractivity contribution is 6.07. The second-order valence-corrected chi connectivity index (χ2v) is 6.14. The van der Waals surface area contributed by atoms with Gasteiger partial charge in [0.2, 0.25) is 0 Å². The maximum Gasteiger partial charge on any atom is 0.316 e. The van der Waals surface area contributed by atoms with Gasteiger partial charge in [-0.2, -0.15) is 0 Å². The summed E-state index contributed by atoms with van der Waals surface area (Å²) in [4.78, 5) is 24.7. The van der Waals surface area contributed by atoms with Gasteiger partial charge in [0.05, 0.1) is 17.1 Å². The fraction of sp³-hybridized carbons (Fsp3) is 0.467. The van der Waals surface area contributed by atoms with Crippen molar-refractivity contribution in [3.63, 3.8) is 0 Å². The van der Waals surface area contributed by atoms with Crippen molar-refractivity contribution < 1.29 is 29.6 Å². The Bertz CT molecular complexity index is 696. The van der Waals surface area contributed by atoms with Crippen molar-refractivity contribution in [2.75, 3.05) is 6.61 Å². The second-order valence-electron chi connectivity index (χ2n) is 6.14. The molecule has 4 rings (SSSR count). The van der Waals surface area contributed by atoms with Gasteiger partial charge >= 0.3 is 5.97 Å². The summed E-state index contributed by atoms with van der Waals surface area (Å²) in [5, 5.41) is 30.6. The SMILES string of the molecule is O=C1CC23C(=O)OCC2(CCC3O)c2c(O)ccc(O)c21. The fourth-order valence-electron chi connectivity index (χ4n) is 4.49. The Morgan fingerprint density at radius 3 is 2.67 bits per heavy atom. The average Bonchev–Trinajstić information content (AvgIpc) is 2.90. The fourth-order valence-corrected chi connectivity index (χ4v) is 4.49. The van der Waals surface area contributed by atoms with Crippen molar-refractivity contribution in [2.24, 2.45) is 5.41 Å². The molecule has 3 atom stereocenters. The van der Waals surface area contributed by atoms with Crippen LogP contribution in [0.4, 0.5) is 0 Å². The molecular weight excluding hydrogens is 276 g/mol. The second kappa shape index (κ2) is 3.57. The van der Waals surface area contributed by atoms with Gasteiger partial charge in [0.25, 0.3) is 0 Å². The minimum atomic E-state index is -1.33. The largest absolute Gasteiger partial charge is 0.508 e. The van der Waals surface area contributed by atoms with Gasteiger partial charge < -0.3 is 20.1 Å². The number of aliphatic hydroxyl groups excluding tert-OH is 1. The smallest absolute Gasteiger partial charge is 0.316 e. The van der Waals surface area contributed by atoms with Crippen LogP contribution in [0.3, 0.4) is 0 Å². The highest BCUT2D eigenvalue weighted by atomic mass is 16.5. The van der Waals surface area contributed by atoms with Crippen LogP contribution in [0, 0.1) is 5.41 Å².